The second kappa shape index (κ2) is 7.61. The summed E-state index contributed by atoms with van der Waals surface area (Å²) in [5.74, 6) is 0.395. The molecule has 2 unspecified atom stereocenters. The topological polar surface area (TPSA) is 88.9 Å². The van der Waals surface area contributed by atoms with Gasteiger partial charge in [0.25, 0.3) is 0 Å². The fourth-order valence-electron chi connectivity index (χ4n) is 4.63. The number of amides is 2. The Balaban J connectivity index is 1.46. The quantitative estimate of drug-likeness (QED) is 0.832. The Kier molecular flexibility index (Phi) is 5.15. The lowest BCUT2D eigenvalue weighted by Crippen LogP contribution is -2.40. The van der Waals surface area contributed by atoms with Crippen LogP contribution in [0.1, 0.15) is 52.1 Å². The van der Waals surface area contributed by atoms with Gasteiger partial charge in [-0.25, -0.2) is 4.98 Å². The van der Waals surface area contributed by atoms with Gasteiger partial charge >= 0.3 is 0 Å². The van der Waals surface area contributed by atoms with Gasteiger partial charge in [-0.2, -0.15) is 5.10 Å². The Labute approximate surface area is 171 Å². The lowest BCUT2D eigenvalue weighted by molar-refractivity contribution is -0.123. The third-order valence-corrected chi connectivity index (χ3v) is 5.95. The number of carbonyl (C=O) groups is 2. The second-order valence-electron chi connectivity index (χ2n) is 9.18. The van der Waals surface area contributed by atoms with E-state index in [1.807, 2.05) is 18.3 Å². The zero-order chi connectivity index (χ0) is 20.6. The molecule has 1 saturated carbocycles. The normalized spacial score (nSPS) is 22.7. The average molecular weight is 396 g/mol. The summed E-state index contributed by atoms with van der Waals surface area (Å²) in [5, 5.41) is 10.5. The van der Waals surface area contributed by atoms with Gasteiger partial charge in [0, 0.05) is 42.9 Å². The van der Waals surface area contributed by atoms with E-state index in [0.29, 0.717) is 12.2 Å². The first-order valence-electron chi connectivity index (χ1n) is 10.4. The molecule has 7 heteroatoms. The van der Waals surface area contributed by atoms with E-state index in [9.17, 15) is 9.59 Å². The minimum atomic E-state index is -0.104. The molecule has 2 atom stereocenters. The maximum absolute atomic E-state index is 12.8. The van der Waals surface area contributed by atoms with Gasteiger partial charge in [0.2, 0.25) is 11.8 Å². The van der Waals surface area contributed by atoms with Crippen molar-refractivity contribution >= 4 is 17.6 Å². The number of nitrogens with one attached hydrogen (secondary N) is 2. The lowest BCUT2D eigenvalue weighted by atomic mass is 9.85. The molecule has 2 aliphatic rings. The van der Waals surface area contributed by atoms with Crippen molar-refractivity contribution in [3.05, 3.63) is 30.2 Å². The van der Waals surface area contributed by atoms with Crippen LogP contribution in [-0.4, -0.2) is 32.6 Å². The summed E-state index contributed by atoms with van der Waals surface area (Å²) in [6.07, 6.45) is 8.01. The molecule has 3 heterocycles. The number of anilines is 1. The van der Waals surface area contributed by atoms with Crippen LogP contribution < -0.4 is 10.6 Å². The number of aromatic nitrogens is 3. The number of nitrogens with zero attached hydrogens (tertiary/aromatic N) is 3. The standard InChI is InChI=1S/C22H29N5O2/c1-14(28)25-17-6-4-5-16(9-17)21(29)26-20-10-15(7-8-23-20)18-12-24-27-13-22(2,3)11-19(18)27/h7-8,10,12,16-17H,4-6,9,11,13H2,1-3H3,(H,25,28)(H,23,26,29). The van der Waals surface area contributed by atoms with Gasteiger partial charge in [-0.15, -0.1) is 0 Å². The van der Waals surface area contributed by atoms with Crippen LogP contribution in [0.5, 0.6) is 0 Å². The smallest absolute Gasteiger partial charge is 0.228 e. The number of fused-ring (bicyclic) bond motifs is 1. The van der Waals surface area contributed by atoms with E-state index < -0.39 is 0 Å². The molecule has 0 aromatic carbocycles. The SMILES string of the molecule is CC(=O)NC1CCCC(C(=O)Nc2cc(-c3cnn4c3CC(C)(C)C4)ccn2)C1. The van der Waals surface area contributed by atoms with Crippen molar-refractivity contribution < 1.29 is 9.59 Å². The van der Waals surface area contributed by atoms with E-state index in [0.717, 1.165) is 43.4 Å². The van der Waals surface area contributed by atoms with Crippen LogP contribution in [0.25, 0.3) is 11.1 Å². The van der Waals surface area contributed by atoms with Crippen molar-refractivity contribution in [2.75, 3.05) is 5.32 Å². The van der Waals surface area contributed by atoms with Gasteiger partial charge in [-0.1, -0.05) is 20.3 Å². The monoisotopic (exact) mass is 395 g/mol. The van der Waals surface area contributed by atoms with Gasteiger partial charge < -0.3 is 10.6 Å². The highest BCUT2D eigenvalue weighted by molar-refractivity contribution is 5.92. The van der Waals surface area contributed by atoms with E-state index in [-0.39, 0.29) is 29.2 Å². The summed E-state index contributed by atoms with van der Waals surface area (Å²) >= 11 is 0. The largest absolute Gasteiger partial charge is 0.354 e. The minimum absolute atomic E-state index is 0.0222. The van der Waals surface area contributed by atoms with Crippen LogP contribution in [0.15, 0.2) is 24.5 Å². The van der Waals surface area contributed by atoms with Crippen LogP contribution in [0.3, 0.4) is 0 Å². The number of rotatable bonds is 4. The molecule has 7 nitrogen and oxygen atoms in total. The molecule has 1 aliphatic heterocycles. The Hall–Kier alpha value is -2.70. The van der Waals surface area contributed by atoms with Gasteiger partial charge in [-0.3, -0.25) is 14.3 Å². The Morgan fingerprint density at radius 1 is 1.28 bits per heavy atom. The molecular formula is C22H29N5O2. The molecule has 0 radical (unpaired) electrons. The number of hydrogen-bond donors (Lipinski definition) is 2. The fraction of sp³-hybridized carbons (Fsp3) is 0.545. The van der Waals surface area contributed by atoms with Crippen molar-refractivity contribution in [1.82, 2.24) is 20.1 Å². The van der Waals surface area contributed by atoms with E-state index >= 15 is 0 Å². The van der Waals surface area contributed by atoms with Crippen molar-refractivity contribution in [2.24, 2.45) is 11.3 Å². The van der Waals surface area contributed by atoms with Crippen LogP contribution in [-0.2, 0) is 22.6 Å². The Bertz CT molecular complexity index is 933. The molecule has 0 bridgehead atoms. The van der Waals surface area contributed by atoms with Crippen LogP contribution in [0, 0.1) is 11.3 Å². The number of hydrogen-bond acceptors (Lipinski definition) is 4. The summed E-state index contributed by atoms with van der Waals surface area (Å²) in [4.78, 5) is 28.5. The molecular weight excluding hydrogens is 366 g/mol. The maximum atomic E-state index is 12.8. The van der Waals surface area contributed by atoms with E-state index in [4.69, 9.17) is 0 Å². The van der Waals surface area contributed by atoms with Crippen LogP contribution in [0.4, 0.5) is 5.82 Å². The maximum Gasteiger partial charge on any atom is 0.228 e. The molecule has 29 heavy (non-hydrogen) atoms. The summed E-state index contributed by atoms with van der Waals surface area (Å²) in [6.45, 7) is 6.95. The van der Waals surface area contributed by atoms with E-state index in [1.165, 1.54) is 12.6 Å². The van der Waals surface area contributed by atoms with Crippen molar-refractivity contribution in [3.63, 3.8) is 0 Å². The first-order chi connectivity index (χ1) is 13.8. The van der Waals surface area contributed by atoms with Gasteiger partial charge in [-0.05, 0) is 48.8 Å². The van der Waals surface area contributed by atoms with Crippen molar-refractivity contribution in [2.45, 2.75) is 65.5 Å². The van der Waals surface area contributed by atoms with E-state index in [1.54, 1.807) is 6.20 Å². The van der Waals surface area contributed by atoms with Crippen LogP contribution >= 0.6 is 0 Å². The summed E-state index contributed by atoms with van der Waals surface area (Å²) < 4.78 is 2.08. The van der Waals surface area contributed by atoms with Crippen molar-refractivity contribution in [3.8, 4) is 11.1 Å². The zero-order valence-electron chi connectivity index (χ0n) is 17.4. The second-order valence-corrected chi connectivity index (χ2v) is 9.18. The highest BCUT2D eigenvalue weighted by atomic mass is 16.2. The van der Waals surface area contributed by atoms with Crippen molar-refractivity contribution in [1.29, 1.82) is 0 Å². The highest BCUT2D eigenvalue weighted by Gasteiger charge is 2.32. The summed E-state index contributed by atoms with van der Waals surface area (Å²) in [6, 6.07) is 3.97. The van der Waals surface area contributed by atoms with Gasteiger partial charge in [0.1, 0.15) is 5.82 Å². The molecule has 1 fully saturated rings. The lowest BCUT2D eigenvalue weighted by Gasteiger charge is -2.28. The number of pyridine rings is 1. The molecule has 4 rings (SSSR count). The molecule has 2 aromatic heterocycles. The summed E-state index contributed by atoms with van der Waals surface area (Å²) in [5.41, 5.74) is 3.59. The first-order valence-corrected chi connectivity index (χ1v) is 10.4. The Morgan fingerprint density at radius 2 is 2.10 bits per heavy atom. The Morgan fingerprint density at radius 3 is 2.90 bits per heavy atom. The molecule has 1 aliphatic carbocycles. The predicted molar refractivity (Wildman–Crippen MR) is 111 cm³/mol. The molecule has 0 spiro atoms. The number of carbonyl (C=O) groups excluding carboxylic acids is 2. The highest BCUT2D eigenvalue weighted by Crippen LogP contribution is 2.37. The van der Waals surface area contributed by atoms with Gasteiger partial charge in [0.05, 0.1) is 6.20 Å². The zero-order valence-corrected chi connectivity index (χ0v) is 17.4. The van der Waals surface area contributed by atoms with Crippen LogP contribution in [0.2, 0.25) is 0 Å². The third-order valence-electron chi connectivity index (χ3n) is 5.95. The average Bonchev–Trinajstić information content (AvgIpc) is 3.16. The molecule has 154 valence electrons. The first kappa shape index (κ1) is 19.6. The van der Waals surface area contributed by atoms with Gasteiger partial charge in [0.15, 0.2) is 0 Å². The molecule has 2 aromatic rings. The summed E-state index contributed by atoms with van der Waals surface area (Å²) in [7, 11) is 0. The van der Waals surface area contributed by atoms with E-state index in [2.05, 4.69) is 39.2 Å². The predicted octanol–water partition coefficient (Wildman–Crippen LogP) is 3.16. The molecule has 2 N–H and O–H groups in total. The third kappa shape index (κ3) is 4.33. The molecule has 2 amide bonds. The fourth-order valence-corrected chi connectivity index (χ4v) is 4.63. The molecule has 0 saturated heterocycles. The minimum Gasteiger partial charge on any atom is -0.354 e.